The first-order valence-corrected chi connectivity index (χ1v) is 11.0. The molecule has 30 heavy (non-hydrogen) atoms. The molecule has 0 radical (unpaired) electrons. The van der Waals surface area contributed by atoms with E-state index in [9.17, 15) is 4.79 Å². The third kappa shape index (κ3) is 5.14. The van der Waals surface area contributed by atoms with E-state index in [2.05, 4.69) is 47.6 Å². The molecule has 1 atom stereocenters. The molecular formula is C22H20BrN5OS. The van der Waals surface area contributed by atoms with Gasteiger partial charge in [-0.05, 0) is 66.4 Å². The number of halogens is 1. The average molecular weight is 482 g/mol. The minimum atomic E-state index is -0.291. The summed E-state index contributed by atoms with van der Waals surface area (Å²) in [7, 11) is 0. The van der Waals surface area contributed by atoms with Crippen LogP contribution in [0.15, 0.2) is 76.9 Å². The second kappa shape index (κ2) is 9.23. The normalized spacial score (nSPS) is 15.1. The molecule has 1 aromatic heterocycles. The van der Waals surface area contributed by atoms with Crippen molar-refractivity contribution in [2.24, 2.45) is 0 Å². The van der Waals surface area contributed by atoms with Crippen molar-refractivity contribution < 1.29 is 4.79 Å². The lowest BCUT2D eigenvalue weighted by molar-refractivity contribution is 0.262. The molecule has 0 bridgehead atoms. The Morgan fingerprint density at radius 3 is 2.63 bits per heavy atom. The molecule has 2 heterocycles. The highest BCUT2D eigenvalue weighted by Crippen LogP contribution is 2.30. The molecule has 1 aliphatic heterocycles. The Balaban J connectivity index is 1.37. The summed E-state index contributed by atoms with van der Waals surface area (Å²) in [5.41, 5.74) is 5.54. The van der Waals surface area contributed by atoms with Gasteiger partial charge in [0.1, 0.15) is 5.50 Å². The number of urea groups is 1. The number of thioether (sulfide) groups is 1. The summed E-state index contributed by atoms with van der Waals surface area (Å²) in [6, 6.07) is 16.9. The molecule has 4 rings (SSSR count). The number of anilines is 3. The molecule has 1 unspecified atom stereocenters. The molecule has 8 heteroatoms. The summed E-state index contributed by atoms with van der Waals surface area (Å²) in [6.45, 7) is 2.03. The van der Waals surface area contributed by atoms with E-state index in [0.29, 0.717) is 5.69 Å². The minimum absolute atomic E-state index is 0.00857. The van der Waals surface area contributed by atoms with Crippen molar-refractivity contribution in [2.75, 3.05) is 16.0 Å². The Bertz CT molecular complexity index is 1070. The van der Waals surface area contributed by atoms with Gasteiger partial charge in [0.15, 0.2) is 0 Å². The fourth-order valence-electron chi connectivity index (χ4n) is 2.91. The van der Waals surface area contributed by atoms with Gasteiger partial charge in [-0.3, -0.25) is 4.98 Å². The number of carbonyl (C=O) groups excluding carboxylic acids is 1. The molecule has 2 amide bonds. The maximum atomic E-state index is 12.3. The van der Waals surface area contributed by atoms with Crippen LogP contribution in [-0.4, -0.2) is 16.5 Å². The van der Waals surface area contributed by atoms with Crippen LogP contribution in [-0.2, 0) is 0 Å². The van der Waals surface area contributed by atoms with Gasteiger partial charge >= 0.3 is 6.03 Å². The monoisotopic (exact) mass is 481 g/mol. The van der Waals surface area contributed by atoms with Crippen LogP contribution in [0.3, 0.4) is 0 Å². The summed E-state index contributed by atoms with van der Waals surface area (Å²) < 4.78 is 0.960. The molecule has 4 N–H and O–H groups in total. The minimum Gasteiger partial charge on any atom is -0.356 e. The number of hydrogen-bond acceptors (Lipinski definition) is 5. The molecule has 0 aliphatic carbocycles. The van der Waals surface area contributed by atoms with Crippen molar-refractivity contribution in [3.63, 3.8) is 0 Å². The molecular weight excluding hydrogens is 462 g/mol. The van der Waals surface area contributed by atoms with Crippen LogP contribution >= 0.6 is 27.7 Å². The van der Waals surface area contributed by atoms with Gasteiger partial charge in [-0.15, -0.1) is 0 Å². The number of pyridine rings is 1. The number of aryl methyl sites for hydroxylation is 1. The summed E-state index contributed by atoms with van der Waals surface area (Å²) in [6.07, 6.45) is 3.60. The fourth-order valence-corrected chi connectivity index (χ4v) is 4.04. The van der Waals surface area contributed by atoms with E-state index in [1.54, 1.807) is 18.0 Å². The Hall–Kier alpha value is -2.97. The van der Waals surface area contributed by atoms with Crippen molar-refractivity contribution in [1.82, 2.24) is 10.3 Å². The van der Waals surface area contributed by atoms with Crippen LogP contribution in [0.5, 0.6) is 0 Å². The lowest BCUT2D eigenvalue weighted by atomic mass is 10.2. The number of nitrogens with zero attached hydrogens (tertiary/aromatic N) is 1. The number of hydrogen-bond donors (Lipinski definition) is 4. The molecule has 152 valence electrons. The van der Waals surface area contributed by atoms with Gasteiger partial charge in [-0.2, -0.15) is 0 Å². The first-order valence-electron chi connectivity index (χ1n) is 9.30. The Morgan fingerprint density at radius 2 is 1.87 bits per heavy atom. The zero-order valence-electron chi connectivity index (χ0n) is 16.1. The van der Waals surface area contributed by atoms with E-state index in [4.69, 9.17) is 0 Å². The van der Waals surface area contributed by atoms with Gasteiger partial charge in [0.25, 0.3) is 0 Å². The lowest BCUT2D eigenvalue weighted by Crippen LogP contribution is -2.28. The molecule has 0 spiro atoms. The van der Waals surface area contributed by atoms with Crippen LogP contribution in [0.4, 0.5) is 21.9 Å². The Kier molecular flexibility index (Phi) is 6.25. The average Bonchev–Trinajstić information content (AvgIpc) is 3.21. The summed E-state index contributed by atoms with van der Waals surface area (Å²) in [5.74, 6) is 0. The number of carbonyl (C=O) groups is 1. The quantitative estimate of drug-likeness (QED) is 0.368. The first-order chi connectivity index (χ1) is 14.6. The highest BCUT2D eigenvalue weighted by atomic mass is 79.9. The predicted octanol–water partition coefficient (Wildman–Crippen LogP) is 5.83. The highest BCUT2D eigenvalue weighted by Gasteiger charge is 2.18. The smallest absolute Gasteiger partial charge is 0.323 e. The number of aromatic nitrogens is 1. The van der Waals surface area contributed by atoms with Crippen molar-refractivity contribution in [1.29, 1.82) is 0 Å². The maximum absolute atomic E-state index is 12.3. The van der Waals surface area contributed by atoms with E-state index in [1.807, 2.05) is 67.7 Å². The SMILES string of the molecule is Cc1ccc(NC(=O)Nc2ccc(Br)cc2)cc1NC1NC(c2cccnc2)=CS1. The first kappa shape index (κ1) is 20.3. The fraction of sp³-hybridized carbons (Fsp3) is 0.0909. The van der Waals surface area contributed by atoms with Crippen LogP contribution in [0.1, 0.15) is 11.1 Å². The van der Waals surface area contributed by atoms with Crippen LogP contribution in [0.2, 0.25) is 0 Å². The van der Waals surface area contributed by atoms with Gasteiger partial charge in [-0.25, -0.2) is 4.79 Å². The van der Waals surface area contributed by atoms with Crippen molar-refractivity contribution in [3.05, 3.63) is 88.0 Å². The van der Waals surface area contributed by atoms with E-state index in [-0.39, 0.29) is 11.5 Å². The second-order valence-electron chi connectivity index (χ2n) is 6.69. The van der Waals surface area contributed by atoms with Crippen LogP contribution in [0, 0.1) is 6.92 Å². The highest BCUT2D eigenvalue weighted by molar-refractivity contribution is 9.10. The lowest BCUT2D eigenvalue weighted by Gasteiger charge is -2.19. The molecule has 0 fully saturated rings. The third-order valence-electron chi connectivity index (χ3n) is 4.47. The molecule has 2 aromatic carbocycles. The molecule has 0 saturated heterocycles. The summed E-state index contributed by atoms with van der Waals surface area (Å²) in [5, 5.41) is 14.7. The van der Waals surface area contributed by atoms with Gasteiger partial charge in [0.2, 0.25) is 0 Å². The predicted molar refractivity (Wildman–Crippen MR) is 128 cm³/mol. The number of rotatable bonds is 5. The van der Waals surface area contributed by atoms with Crippen molar-refractivity contribution >= 4 is 56.5 Å². The van der Waals surface area contributed by atoms with Crippen molar-refractivity contribution in [3.8, 4) is 0 Å². The standard InChI is InChI=1S/C22H20BrN5OS/c1-14-4-7-18(26-21(29)25-17-8-5-16(23)6-9-17)11-19(14)27-22-28-20(13-30-22)15-3-2-10-24-12-15/h2-13,22,27-28H,1H3,(H2,25,26,29). The maximum Gasteiger partial charge on any atom is 0.323 e. The van der Waals surface area contributed by atoms with Gasteiger partial charge in [0.05, 0.1) is 5.70 Å². The number of amides is 2. The molecule has 3 aromatic rings. The van der Waals surface area contributed by atoms with E-state index < -0.39 is 0 Å². The second-order valence-corrected chi connectivity index (χ2v) is 8.59. The zero-order valence-corrected chi connectivity index (χ0v) is 18.5. The number of benzene rings is 2. The summed E-state index contributed by atoms with van der Waals surface area (Å²) in [4.78, 5) is 16.5. The van der Waals surface area contributed by atoms with Gasteiger partial charge in [0, 0.05) is 39.5 Å². The van der Waals surface area contributed by atoms with Crippen LogP contribution in [0.25, 0.3) is 5.70 Å². The molecule has 1 aliphatic rings. The Morgan fingerprint density at radius 1 is 1.10 bits per heavy atom. The molecule has 6 nitrogen and oxygen atoms in total. The molecule has 0 saturated carbocycles. The van der Waals surface area contributed by atoms with E-state index in [0.717, 1.165) is 32.7 Å². The van der Waals surface area contributed by atoms with Crippen LogP contribution < -0.4 is 21.3 Å². The summed E-state index contributed by atoms with van der Waals surface area (Å²) >= 11 is 5.04. The van der Waals surface area contributed by atoms with Gasteiger partial charge in [-0.1, -0.05) is 33.8 Å². The van der Waals surface area contributed by atoms with E-state index >= 15 is 0 Å². The topological polar surface area (TPSA) is 78.1 Å². The largest absolute Gasteiger partial charge is 0.356 e. The van der Waals surface area contributed by atoms with Crippen molar-refractivity contribution in [2.45, 2.75) is 12.4 Å². The van der Waals surface area contributed by atoms with Gasteiger partial charge < -0.3 is 21.3 Å². The Labute approximate surface area is 187 Å². The third-order valence-corrected chi connectivity index (χ3v) is 5.87. The number of nitrogens with one attached hydrogen (secondary N) is 4. The van der Waals surface area contributed by atoms with E-state index in [1.165, 1.54) is 0 Å². The zero-order chi connectivity index (χ0) is 20.9.